The van der Waals surface area contributed by atoms with E-state index in [1.807, 2.05) is 47.4 Å². The van der Waals surface area contributed by atoms with Gasteiger partial charge >= 0.3 is 6.18 Å². The molecule has 0 bridgehead atoms. The smallest absolute Gasteiger partial charge is 0.416 e. The highest BCUT2D eigenvalue weighted by molar-refractivity contribution is 5.95. The Labute approximate surface area is 190 Å². The van der Waals surface area contributed by atoms with Gasteiger partial charge in [-0.25, -0.2) is 0 Å². The number of hydrogen-bond donors (Lipinski definition) is 1. The number of likely N-dealkylation sites (N-methyl/N-ethyl adjacent to an activating group) is 1. The lowest BCUT2D eigenvalue weighted by molar-refractivity contribution is -0.137. The molecule has 1 amide bonds. The van der Waals surface area contributed by atoms with Crippen LogP contribution in [0.15, 0.2) is 72.8 Å². The number of anilines is 1. The molecular formula is C25H25F3N2O3. The Balaban J connectivity index is 1.87. The predicted molar refractivity (Wildman–Crippen MR) is 120 cm³/mol. The number of hydrogen-bond acceptors (Lipinski definition) is 4. The molecule has 1 atom stereocenters. The number of carbonyl (C=O) groups excluding carboxylic acids is 1. The second-order valence-electron chi connectivity index (χ2n) is 7.49. The van der Waals surface area contributed by atoms with E-state index in [1.165, 1.54) is 12.1 Å². The molecule has 1 N–H and O–H groups in total. The van der Waals surface area contributed by atoms with Crippen LogP contribution in [0.4, 0.5) is 18.9 Å². The number of methoxy groups -OCH3 is 2. The van der Waals surface area contributed by atoms with E-state index in [2.05, 4.69) is 5.32 Å². The number of alkyl halides is 3. The average Bonchev–Trinajstić information content (AvgIpc) is 2.79. The van der Waals surface area contributed by atoms with Crippen LogP contribution in [0.2, 0.25) is 0 Å². The Morgan fingerprint density at radius 1 is 0.939 bits per heavy atom. The minimum absolute atomic E-state index is 0.0790. The van der Waals surface area contributed by atoms with Crippen molar-refractivity contribution in [2.75, 3.05) is 26.6 Å². The van der Waals surface area contributed by atoms with Gasteiger partial charge in [0.2, 0.25) is 5.91 Å². The first-order valence-electron chi connectivity index (χ1n) is 10.2. The summed E-state index contributed by atoms with van der Waals surface area (Å²) in [5.41, 5.74) is 0.846. The SMILES string of the molecule is COc1ccc(CN(C)[C@@H](C(=O)Nc2cccc(C(F)(F)F)c2)c2ccccc2)cc1OC. The van der Waals surface area contributed by atoms with Crippen LogP contribution in [0.5, 0.6) is 11.5 Å². The van der Waals surface area contributed by atoms with E-state index in [9.17, 15) is 18.0 Å². The molecule has 3 aromatic rings. The first-order valence-corrected chi connectivity index (χ1v) is 10.2. The third-order valence-electron chi connectivity index (χ3n) is 5.14. The van der Waals surface area contributed by atoms with E-state index < -0.39 is 23.7 Å². The van der Waals surface area contributed by atoms with Crippen LogP contribution < -0.4 is 14.8 Å². The van der Waals surface area contributed by atoms with Gasteiger partial charge in [0, 0.05) is 12.2 Å². The quantitative estimate of drug-likeness (QED) is 0.482. The van der Waals surface area contributed by atoms with Crippen molar-refractivity contribution in [3.05, 3.63) is 89.5 Å². The summed E-state index contributed by atoms with van der Waals surface area (Å²) >= 11 is 0. The highest BCUT2D eigenvalue weighted by Gasteiger charge is 2.31. The highest BCUT2D eigenvalue weighted by atomic mass is 19.4. The van der Waals surface area contributed by atoms with Gasteiger partial charge < -0.3 is 14.8 Å². The first kappa shape index (κ1) is 24.1. The third-order valence-corrected chi connectivity index (χ3v) is 5.14. The van der Waals surface area contributed by atoms with E-state index in [-0.39, 0.29) is 5.69 Å². The van der Waals surface area contributed by atoms with E-state index in [0.29, 0.717) is 23.6 Å². The van der Waals surface area contributed by atoms with Crippen LogP contribution in [0.3, 0.4) is 0 Å². The largest absolute Gasteiger partial charge is 0.493 e. The lowest BCUT2D eigenvalue weighted by Crippen LogP contribution is -2.34. The van der Waals surface area contributed by atoms with Gasteiger partial charge in [-0.2, -0.15) is 13.2 Å². The number of halogens is 3. The fourth-order valence-electron chi connectivity index (χ4n) is 3.58. The second kappa shape index (κ2) is 10.4. The molecule has 5 nitrogen and oxygen atoms in total. The number of amides is 1. The molecule has 0 saturated carbocycles. The van der Waals surface area contributed by atoms with Crippen molar-refractivity contribution >= 4 is 11.6 Å². The zero-order chi connectivity index (χ0) is 24.0. The normalized spacial score (nSPS) is 12.3. The predicted octanol–water partition coefficient (Wildman–Crippen LogP) is 5.53. The third kappa shape index (κ3) is 6.04. The van der Waals surface area contributed by atoms with Crippen molar-refractivity contribution in [2.24, 2.45) is 0 Å². The van der Waals surface area contributed by atoms with E-state index >= 15 is 0 Å². The fraction of sp³-hybridized carbons (Fsp3) is 0.240. The van der Waals surface area contributed by atoms with Gasteiger partial charge in [0.1, 0.15) is 6.04 Å². The molecule has 174 valence electrons. The van der Waals surface area contributed by atoms with Crippen LogP contribution >= 0.6 is 0 Å². The van der Waals surface area contributed by atoms with Gasteiger partial charge in [0.05, 0.1) is 19.8 Å². The number of carbonyl (C=O) groups is 1. The Morgan fingerprint density at radius 3 is 2.27 bits per heavy atom. The molecule has 8 heteroatoms. The van der Waals surface area contributed by atoms with Crippen molar-refractivity contribution in [1.29, 1.82) is 0 Å². The van der Waals surface area contributed by atoms with Crippen molar-refractivity contribution in [1.82, 2.24) is 4.90 Å². The molecule has 3 aromatic carbocycles. The Morgan fingerprint density at radius 2 is 1.64 bits per heavy atom. The van der Waals surface area contributed by atoms with Gasteiger partial charge in [0.25, 0.3) is 0 Å². The second-order valence-corrected chi connectivity index (χ2v) is 7.49. The first-order chi connectivity index (χ1) is 15.7. The molecule has 0 aliphatic rings. The maximum absolute atomic E-state index is 13.3. The molecule has 3 rings (SSSR count). The summed E-state index contributed by atoms with van der Waals surface area (Å²) in [6, 6.07) is 18.4. The van der Waals surface area contributed by atoms with Crippen LogP contribution in [0.25, 0.3) is 0 Å². The minimum Gasteiger partial charge on any atom is -0.493 e. The number of nitrogens with one attached hydrogen (secondary N) is 1. The summed E-state index contributed by atoms with van der Waals surface area (Å²) in [5.74, 6) is 0.711. The molecule has 0 radical (unpaired) electrons. The summed E-state index contributed by atoms with van der Waals surface area (Å²) < 4.78 is 49.8. The minimum atomic E-state index is -4.50. The zero-order valence-electron chi connectivity index (χ0n) is 18.5. The summed E-state index contributed by atoms with van der Waals surface area (Å²) in [5, 5.41) is 2.64. The molecule has 0 heterocycles. The molecule has 0 aliphatic carbocycles. The van der Waals surface area contributed by atoms with Crippen molar-refractivity contribution in [3.8, 4) is 11.5 Å². The van der Waals surface area contributed by atoms with Crippen LogP contribution in [-0.4, -0.2) is 32.1 Å². The monoisotopic (exact) mass is 458 g/mol. The molecule has 0 aliphatic heterocycles. The van der Waals surface area contributed by atoms with Gasteiger partial charge in [-0.15, -0.1) is 0 Å². The summed E-state index contributed by atoms with van der Waals surface area (Å²) in [6.07, 6.45) is -4.50. The lowest BCUT2D eigenvalue weighted by atomic mass is 10.0. The van der Waals surface area contributed by atoms with Crippen molar-refractivity contribution in [3.63, 3.8) is 0 Å². The summed E-state index contributed by atoms with van der Waals surface area (Å²) in [7, 11) is 4.87. The maximum Gasteiger partial charge on any atom is 0.416 e. The van der Waals surface area contributed by atoms with Crippen molar-refractivity contribution in [2.45, 2.75) is 18.8 Å². The Kier molecular flexibility index (Phi) is 7.60. The molecule has 0 unspecified atom stereocenters. The Hall–Kier alpha value is -3.52. The van der Waals surface area contributed by atoms with Crippen LogP contribution in [-0.2, 0) is 17.5 Å². The molecule has 0 saturated heterocycles. The Bertz CT molecular complexity index is 1090. The fourth-order valence-corrected chi connectivity index (χ4v) is 3.58. The van der Waals surface area contributed by atoms with Gasteiger partial charge in [0.15, 0.2) is 11.5 Å². The summed E-state index contributed by atoms with van der Waals surface area (Å²) in [6.45, 7) is 0.385. The molecule has 33 heavy (non-hydrogen) atoms. The molecule has 0 fully saturated rings. The van der Waals surface area contributed by atoms with Gasteiger partial charge in [-0.1, -0.05) is 42.5 Å². The molecular weight excluding hydrogens is 433 g/mol. The van der Waals surface area contributed by atoms with E-state index in [0.717, 1.165) is 17.7 Å². The zero-order valence-corrected chi connectivity index (χ0v) is 18.5. The summed E-state index contributed by atoms with van der Waals surface area (Å²) in [4.78, 5) is 15.1. The number of benzene rings is 3. The highest BCUT2D eigenvalue weighted by Crippen LogP contribution is 2.32. The molecule has 0 spiro atoms. The topological polar surface area (TPSA) is 50.8 Å². The maximum atomic E-state index is 13.3. The average molecular weight is 458 g/mol. The van der Waals surface area contributed by atoms with Crippen molar-refractivity contribution < 1.29 is 27.4 Å². The molecule has 0 aromatic heterocycles. The number of nitrogens with zero attached hydrogens (tertiary/aromatic N) is 1. The van der Waals surface area contributed by atoms with Crippen LogP contribution in [0, 0.1) is 0 Å². The van der Waals surface area contributed by atoms with Gasteiger partial charge in [-0.3, -0.25) is 9.69 Å². The number of rotatable bonds is 8. The van der Waals surface area contributed by atoms with E-state index in [1.54, 1.807) is 27.3 Å². The standard InChI is InChI=1S/C25H25F3N2O3/c1-30(16-17-12-13-21(32-2)22(14-17)33-3)23(18-8-5-4-6-9-18)24(31)29-20-11-7-10-19(15-20)25(26,27)28/h4-15,23H,16H2,1-3H3,(H,29,31)/t23-/m1/s1. The van der Waals surface area contributed by atoms with E-state index in [4.69, 9.17) is 9.47 Å². The lowest BCUT2D eigenvalue weighted by Gasteiger charge is -2.28. The number of ether oxygens (including phenoxy) is 2. The van der Waals surface area contributed by atoms with Crippen LogP contribution in [0.1, 0.15) is 22.7 Å². The van der Waals surface area contributed by atoms with Gasteiger partial charge in [-0.05, 0) is 48.5 Å².